The van der Waals surface area contributed by atoms with Crippen molar-refractivity contribution < 1.29 is 0 Å². The first-order valence-electron chi connectivity index (χ1n) is 5.12. The first-order chi connectivity index (χ1) is 6.92. The third-order valence-electron chi connectivity index (χ3n) is 2.70. The maximum Gasteiger partial charge on any atom is 0.00892 e. The molecule has 0 amide bonds. The van der Waals surface area contributed by atoms with E-state index in [1.54, 1.807) is 0 Å². The van der Waals surface area contributed by atoms with Crippen molar-refractivity contribution in [1.82, 2.24) is 0 Å². The van der Waals surface area contributed by atoms with Gasteiger partial charge in [0.05, 0.1) is 0 Å². The van der Waals surface area contributed by atoms with Crippen LogP contribution in [-0.4, -0.2) is 0 Å². The Morgan fingerprint density at radius 3 is 3.00 bits per heavy atom. The molecule has 0 N–H and O–H groups in total. The zero-order valence-corrected chi connectivity index (χ0v) is 8.29. The van der Waals surface area contributed by atoms with E-state index < -0.39 is 0 Å². The third kappa shape index (κ3) is 1.72. The topological polar surface area (TPSA) is 0 Å². The fourth-order valence-electron chi connectivity index (χ4n) is 1.97. The van der Waals surface area contributed by atoms with Crippen molar-refractivity contribution in [2.24, 2.45) is 0 Å². The quantitative estimate of drug-likeness (QED) is 0.496. The van der Waals surface area contributed by atoms with E-state index in [-0.39, 0.29) is 0 Å². The molecule has 0 radical (unpaired) electrons. The lowest BCUT2D eigenvalue weighted by Crippen LogP contribution is -1.84. The molecule has 0 saturated carbocycles. The third-order valence-corrected chi connectivity index (χ3v) is 2.70. The van der Waals surface area contributed by atoms with E-state index in [0.717, 1.165) is 25.7 Å². The largest absolute Gasteiger partial charge is 0.120 e. The lowest BCUT2D eigenvalue weighted by molar-refractivity contribution is 0.899. The van der Waals surface area contributed by atoms with Crippen LogP contribution in [0.5, 0.6) is 0 Å². The van der Waals surface area contributed by atoms with Crippen LogP contribution in [0.15, 0.2) is 30.3 Å². The number of benzene rings is 1. The van der Waals surface area contributed by atoms with Gasteiger partial charge in [-0.05, 0) is 36.0 Å². The van der Waals surface area contributed by atoms with Crippen molar-refractivity contribution in [3.05, 3.63) is 41.5 Å². The summed E-state index contributed by atoms with van der Waals surface area (Å²) in [6.45, 7) is 0. The van der Waals surface area contributed by atoms with Crippen molar-refractivity contribution in [3.8, 4) is 12.3 Å². The molecule has 0 fully saturated rings. The number of hydrogen-bond donors (Lipinski definition) is 0. The maximum absolute atomic E-state index is 5.24. The van der Waals surface area contributed by atoms with Gasteiger partial charge in [0.2, 0.25) is 0 Å². The standard InChI is InChI=1S/C14H14/c1-2-3-4-7-12-10-11-13-8-5-6-9-14(12)13/h1,5-6,8-10H,3-4,7,11H2. The molecule has 0 aliphatic heterocycles. The average Bonchev–Trinajstić information content (AvgIpc) is 2.63. The van der Waals surface area contributed by atoms with E-state index >= 15 is 0 Å². The monoisotopic (exact) mass is 182 g/mol. The number of unbranched alkanes of at least 4 members (excludes halogenated alkanes) is 1. The van der Waals surface area contributed by atoms with Gasteiger partial charge in [0.25, 0.3) is 0 Å². The lowest BCUT2D eigenvalue weighted by atomic mass is 10.0. The fourth-order valence-corrected chi connectivity index (χ4v) is 1.97. The number of allylic oxidation sites excluding steroid dienone is 2. The van der Waals surface area contributed by atoms with Crippen LogP contribution in [0.25, 0.3) is 5.57 Å². The molecule has 1 aromatic carbocycles. The second-order valence-electron chi connectivity index (χ2n) is 3.65. The van der Waals surface area contributed by atoms with Gasteiger partial charge in [0, 0.05) is 6.42 Å². The summed E-state index contributed by atoms with van der Waals surface area (Å²) in [5.74, 6) is 2.69. The van der Waals surface area contributed by atoms with Gasteiger partial charge in [-0.25, -0.2) is 0 Å². The highest BCUT2D eigenvalue weighted by molar-refractivity contribution is 5.72. The molecule has 0 nitrogen and oxygen atoms in total. The Morgan fingerprint density at radius 1 is 1.29 bits per heavy atom. The second-order valence-corrected chi connectivity index (χ2v) is 3.65. The highest BCUT2D eigenvalue weighted by Gasteiger charge is 2.11. The van der Waals surface area contributed by atoms with Crippen molar-refractivity contribution >= 4 is 5.57 Å². The number of hydrogen-bond acceptors (Lipinski definition) is 0. The first kappa shape index (κ1) is 9.09. The molecule has 2 rings (SSSR count). The van der Waals surface area contributed by atoms with Gasteiger partial charge in [0.15, 0.2) is 0 Å². The van der Waals surface area contributed by atoms with Crippen molar-refractivity contribution in [3.63, 3.8) is 0 Å². The Hall–Kier alpha value is -1.48. The number of rotatable bonds is 3. The van der Waals surface area contributed by atoms with Crippen LogP contribution in [0, 0.1) is 12.3 Å². The molecule has 70 valence electrons. The van der Waals surface area contributed by atoms with E-state index in [1.165, 1.54) is 16.7 Å². The van der Waals surface area contributed by atoms with Gasteiger partial charge >= 0.3 is 0 Å². The molecule has 0 heterocycles. The molecule has 1 aliphatic rings. The zero-order chi connectivity index (χ0) is 9.80. The molecule has 1 aromatic rings. The van der Waals surface area contributed by atoms with Gasteiger partial charge in [-0.1, -0.05) is 30.3 Å². The minimum Gasteiger partial charge on any atom is -0.120 e. The van der Waals surface area contributed by atoms with Crippen molar-refractivity contribution in [2.75, 3.05) is 0 Å². The Kier molecular flexibility index (Phi) is 2.70. The molecule has 0 spiro atoms. The van der Waals surface area contributed by atoms with E-state index in [9.17, 15) is 0 Å². The summed E-state index contributed by atoms with van der Waals surface area (Å²) >= 11 is 0. The summed E-state index contributed by atoms with van der Waals surface area (Å²) in [7, 11) is 0. The van der Waals surface area contributed by atoms with E-state index in [4.69, 9.17) is 6.42 Å². The maximum atomic E-state index is 5.24. The number of terminal acetylenes is 1. The molecule has 14 heavy (non-hydrogen) atoms. The van der Waals surface area contributed by atoms with Gasteiger partial charge in [-0.15, -0.1) is 12.3 Å². The molecule has 0 saturated heterocycles. The van der Waals surface area contributed by atoms with E-state index in [2.05, 4.69) is 36.3 Å². The molecule has 0 aromatic heterocycles. The predicted molar refractivity (Wildman–Crippen MR) is 60.8 cm³/mol. The SMILES string of the molecule is C#CCCCC1=CCc2ccccc21. The molecule has 0 unspecified atom stereocenters. The second kappa shape index (κ2) is 4.15. The van der Waals surface area contributed by atoms with E-state index in [0.29, 0.717) is 0 Å². The molecular formula is C14H14. The average molecular weight is 182 g/mol. The molecule has 1 aliphatic carbocycles. The predicted octanol–water partition coefficient (Wildman–Crippen LogP) is 3.43. The smallest absolute Gasteiger partial charge is 0.00892 e. The minimum absolute atomic E-state index is 0.888. The summed E-state index contributed by atoms with van der Waals surface area (Å²) in [4.78, 5) is 0. The van der Waals surface area contributed by atoms with Crippen LogP contribution >= 0.6 is 0 Å². The van der Waals surface area contributed by atoms with Crippen molar-refractivity contribution in [1.29, 1.82) is 0 Å². The van der Waals surface area contributed by atoms with Gasteiger partial charge in [0.1, 0.15) is 0 Å². The summed E-state index contributed by atoms with van der Waals surface area (Å²) in [5, 5.41) is 0. The van der Waals surface area contributed by atoms with Gasteiger partial charge in [-0.3, -0.25) is 0 Å². The Labute approximate surface area is 85.7 Å². The highest BCUT2D eigenvalue weighted by Crippen LogP contribution is 2.30. The first-order valence-corrected chi connectivity index (χ1v) is 5.12. The summed E-state index contributed by atoms with van der Waals surface area (Å²) in [5.41, 5.74) is 4.38. The highest BCUT2D eigenvalue weighted by atomic mass is 14.2. The summed E-state index contributed by atoms with van der Waals surface area (Å²) in [6, 6.07) is 8.64. The summed E-state index contributed by atoms with van der Waals surface area (Å²) in [6.07, 6.45) is 11.8. The molecular weight excluding hydrogens is 168 g/mol. The Morgan fingerprint density at radius 2 is 2.14 bits per heavy atom. The fraction of sp³-hybridized carbons (Fsp3) is 0.286. The zero-order valence-electron chi connectivity index (χ0n) is 8.29. The van der Waals surface area contributed by atoms with Crippen LogP contribution in [-0.2, 0) is 6.42 Å². The normalized spacial score (nSPS) is 13.2. The van der Waals surface area contributed by atoms with Crippen LogP contribution in [0.2, 0.25) is 0 Å². The minimum atomic E-state index is 0.888. The van der Waals surface area contributed by atoms with Crippen LogP contribution in [0.1, 0.15) is 30.4 Å². The Bertz CT molecular complexity index is 391. The van der Waals surface area contributed by atoms with Crippen LogP contribution in [0.3, 0.4) is 0 Å². The van der Waals surface area contributed by atoms with Crippen LogP contribution < -0.4 is 0 Å². The molecule has 0 atom stereocenters. The van der Waals surface area contributed by atoms with E-state index in [1.807, 2.05) is 0 Å². The summed E-state index contributed by atoms with van der Waals surface area (Å²) < 4.78 is 0. The Balaban J connectivity index is 2.06. The van der Waals surface area contributed by atoms with Crippen LogP contribution in [0.4, 0.5) is 0 Å². The number of fused-ring (bicyclic) bond motifs is 1. The molecule has 0 bridgehead atoms. The van der Waals surface area contributed by atoms with Gasteiger partial charge < -0.3 is 0 Å². The van der Waals surface area contributed by atoms with Gasteiger partial charge in [-0.2, -0.15) is 0 Å². The lowest BCUT2D eigenvalue weighted by Gasteiger charge is -2.03. The van der Waals surface area contributed by atoms with Crippen molar-refractivity contribution in [2.45, 2.75) is 25.7 Å². The molecule has 0 heteroatoms.